The second-order valence-electron chi connectivity index (χ2n) is 9.12. The maximum absolute atomic E-state index is 13.2. The molecule has 32 heavy (non-hydrogen) atoms. The van der Waals surface area contributed by atoms with Gasteiger partial charge in [0.15, 0.2) is 0 Å². The van der Waals surface area contributed by atoms with Gasteiger partial charge in [-0.05, 0) is 44.2 Å². The SMILES string of the molecule is CN1CCN(C(=O)CC2(COc3ccccc3)CCN(C(=O)c3ccccc3)CC2)CC1. The molecule has 2 aliphatic heterocycles. The lowest BCUT2D eigenvalue weighted by molar-refractivity contribution is -0.136. The van der Waals surface area contributed by atoms with E-state index in [4.69, 9.17) is 4.74 Å². The molecule has 0 unspecified atom stereocenters. The smallest absolute Gasteiger partial charge is 0.253 e. The molecule has 170 valence electrons. The standard InChI is InChI=1S/C26H33N3O3/c1-27-16-18-28(19-17-27)24(30)20-26(21-32-23-10-6-3-7-11-23)12-14-29(15-13-26)25(31)22-8-4-2-5-9-22/h2-11H,12-21H2,1H3. The molecule has 0 aliphatic carbocycles. The maximum Gasteiger partial charge on any atom is 0.253 e. The van der Waals surface area contributed by atoms with Crippen LogP contribution in [0.5, 0.6) is 5.75 Å². The second-order valence-corrected chi connectivity index (χ2v) is 9.12. The van der Waals surface area contributed by atoms with E-state index in [9.17, 15) is 9.59 Å². The summed E-state index contributed by atoms with van der Waals surface area (Å²) < 4.78 is 6.15. The third-order valence-electron chi connectivity index (χ3n) is 6.80. The van der Waals surface area contributed by atoms with Crippen LogP contribution in [0.4, 0.5) is 0 Å². The first-order valence-electron chi connectivity index (χ1n) is 11.5. The van der Waals surface area contributed by atoms with E-state index < -0.39 is 0 Å². The van der Waals surface area contributed by atoms with Crippen molar-refractivity contribution in [3.8, 4) is 5.75 Å². The Morgan fingerprint density at radius 3 is 2.03 bits per heavy atom. The van der Waals surface area contributed by atoms with Crippen LogP contribution in [-0.4, -0.2) is 79.4 Å². The van der Waals surface area contributed by atoms with Crippen molar-refractivity contribution in [1.29, 1.82) is 0 Å². The van der Waals surface area contributed by atoms with E-state index in [1.807, 2.05) is 70.5 Å². The number of hydrogen-bond acceptors (Lipinski definition) is 4. The van der Waals surface area contributed by atoms with Crippen molar-refractivity contribution in [2.45, 2.75) is 19.3 Å². The molecule has 6 nitrogen and oxygen atoms in total. The van der Waals surface area contributed by atoms with Gasteiger partial charge in [-0.15, -0.1) is 0 Å². The average molecular weight is 436 g/mol. The lowest BCUT2D eigenvalue weighted by Gasteiger charge is -2.42. The van der Waals surface area contributed by atoms with Crippen LogP contribution in [0.25, 0.3) is 0 Å². The summed E-state index contributed by atoms with van der Waals surface area (Å²) in [7, 11) is 2.09. The Balaban J connectivity index is 1.43. The number of piperazine rings is 1. The molecule has 0 N–H and O–H groups in total. The number of benzene rings is 2. The van der Waals surface area contributed by atoms with E-state index in [1.165, 1.54) is 0 Å². The zero-order valence-electron chi connectivity index (χ0n) is 18.9. The normalized spacial score (nSPS) is 18.9. The minimum atomic E-state index is -0.260. The number of amides is 2. The Morgan fingerprint density at radius 1 is 0.812 bits per heavy atom. The molecule has 0 bridgehead atoms. The van der Waals surface area contributed by atoms with Crippen molar-refractivity contribution in [2.24, 2.45) is 5.41 Å². The van der Waals surface area contributed by atoms with E-state index in [1.54, 1.807) is 0 Å². The first-order chi connectivity index (χ1) is 15.5. The molecule has 4 rings (SSSR count). The maximum atomic E-state index is 13.2. The summed E-state index contributed by atoms with van der Waals surface area (Å²) in [6.45, 7) is 5.16. The Hall–Kier alpha value is -2.86. The molecule has 2 saturated heterocycles. The van der Waals surface area contributed by atoms with Crippen LogP contribution >= 0.6 is 0 Å². The molecule has 0 atom stereocenters. The molecule has 0 spiro atoms. The first kappa shape index (κ1) is 22.3. The van der Waals surface area contributed by atoms with E-state index >= 15 is 0 Å². The number of hydrogen-bond donors (Lipinski definition) is 0. The highest BCUT2D eigenvalue weighted by Crippen LogP contribution is 2.37. The van der Waals surface area contributed by atoms with Gasteiger partial charge in [-0.1, -0.05) is 36.4 Å². The van der Waals surface area contributed by atoms with Gasteiger partial charge in [0.05, 0.1) is 6.61 Å². The molecule has 2 aromatic carbocycles. The Morgan fingerprint density at radius 2 is 1.41 bits per heavy atom. The van der Waals surface area contributed by atoms with Crippen LogP contribution in [0.1, 0.15) is 29.6 Å². The number of likely N-dealkylation sites (N-methyl/N-ethyl adjacent to an activating group) is 1. The van der Waals surface area contributed by atoms with Crippen molar-refractivity contribution in [3.63, 3.8) is 0 Å². The summed E-state index contributed by atoms with van der Waals surface area (Å²) in [4.78, 5) is 32.3. The van der Waals surface area contributed by atoms with Gasteiger partial charge in [0.2, 0.25) is 5.91 Å². The van der Waals surface area contributed by atoms with Crippen LogP contribution in [0.2, 0.25) is 0 Å². The average Bonchev–Trinajstić information content (AvgIpc) is 2.84. The minimum absolute atomic E-state index is 0.0635. The van der Waals surface area contributed by atoms with Crippen LogP contribution in [0, 0.1) is 5.41 Å². The minimum Gasteiger partial charge on any atom is -0.493 e. The zero-order chi connectivity index (χ0) is 22.4. The number of piperidine rings is 1. The monoisotopic (exact) mass is 435 g/mol. The third kappa shape index (κ3) is 5.49. The van der Waals surface area contributed by atoms with Gasteiger partial charge in [0.25, 0.3) is 5.91 Å². The Labute approximate surface area is 190 Å². The second kappa shape index (κ2) is 10.2. The van der Waals surface area contributed by atoms with Crippen molar-refractivity contribution in [2.75, 3.05) is 52.9 Å². The predicted octanol–water partition coefficient (Wildman–Crippen LogP) is 3.15. The highest BCUT2D eigenvalue weighted by atomic mass is 16.5. The molecule has 2 aromatic rings. The molecule has 2 amide bonds. The predicted molar refractivity (Wildman–Crippen MR) is 125 cm³/mol. The lowest BCUT2D eigenvalue weighted by atomic mass is 9.75. The van der Waals surface area contributed by atoms with E-state index in [-0.39, 0.29) is 17.2 Å². The Kier molecular flexibility index (Phi) is 7.10. The van der Waals surface area contributed by atoms with E-state index in [0.717, 1.165) is 44.8 Å². The number of ether oxygens (including phenoxy) is 1. The van der Waals surface area contributed by atoms with E-state index in [2.05, 4.69) is 11.9 Å². The van der Waals surface area contributed by atoms with Gasteiger partial charge in [0.1, 0.15) is 5.75 Å². The molecule has 0 radical (unpaired) electrons. The number of nitrogens with zero attached hydrogens (tertiary/aromatic N) is 3. The van der Waals surface area contributed by atoms with Crippen LogP contribution < -0.4 is 4.74 Å². The van der Waals surface area contributed by atoms with Crippen LogP contribution in [-0.2, 0) is 4.79 Å². The molecule has 2 heterocycles. The highest BCUT2D eigenvalue weighted by Gasteiger charge is 2.40. The fourth-order valence-corrected chi connectivity index (χ4v) is 4.56. The molecule has 0 saturated carbocycles. The van der Waals surface area contributed by atoms with Gasteiger partial charge in [-0.2, -0.15) is 0 Å². The summed E-state index contributed by atoms with van der Waals surface area (Å²) in [6, 6.07) is 19.2. The number of carbonyl (C=O) groups is 2. The summed E-state index contributed by atoms with van der Waals surface area (Å²) in [6.07, 6.45) is 1.99. The topological polar surface area (TPSA) is 53.1 Å². The third-order valence-corrected chi connectivity index (χ3v) is 6.80. The fourth-order valence-electron chi connectivity index (χ4n) is 4.56. The highest BCUT2D eigenvalue weighted by molar-refractivity contribution is 5.94. The number of para-hydroxylation sites is 1. The molecule has 0 aromatic heterocycles. The summed E-state index contributed by atoms with van der Waals surface area (Å²) in [5, 5.41) is 0. The summed E-state index contributed by atoms with van der Waals surface area (Å²) >= 11 is 0. The van der Waals surface area contributed by atoms with Crippen LogP contribution in [0.3, 0.4) is 0 Å². The van der Waals surface area contributed by atoms with Gasteiger partial charge >= 0.3 is 0 Å². The summed E-state index contributed by atoms with van der Waals surface area (Å²) in [5.74, 6) is 1.09. The zero-order valence-corrected chi connectivity index (χ0v) is 18.9. The number of likely N-dealkylation sites (tertiary alicyclic amines) is 1. The quantitative estimate of drug-likeness (QED) is 0.700. The largest absolute Gasteiger partial charge is 0.493 e. The molecule has 6 heteroatoms. The molecular formula is C26H33N3O3. The van der Waals surface area contributed by atoms with Crippen molar-refractivity contribution >= 4 is 11.8 Å². The number of rotatable bonds is 6. The van der Waals surface area contributed by atoms with Crippen molar-refractivity contribution in [1.82, 2.24) is 14.7 Å². The van der Waals surface area contributed by atoms with Crippen molar-refractivity contribution < 1.29 is 14.3 Å². The van der Waals surface area contributed by atoms with Crippen molar-refractivity contribution in [3.05, 3.63) is 66.2 Å². The Bertz CT molecular complexity index is 887. The van der Waals surface area contributed by atoms with E-state index in [0.29, 0.717) is 31.7 Å². The van der Waals surface area contributed by atoms with Crippen LogP contribution in [0.15, 0.2) is 60.7 Å². The van der Waals surface area contributed by atoms with Gasteiger partial charge < -0.3 is 19.4 Å². The number of carbonyl (C=O) groups excluding carboxylic acids is 2. The summed E-state index contributed by atoms with van der Waals surface area (Å²) in [5.41, 5.74) is 0.457. The van der Waals surface area contributed by atoms with Gasteiger partial charge in [0, 0.05) is 56.7 Å². The lowest BCUT2D eigenvalue weighted by Crippen LogP contribution is -2.51. The molecule has 2 fully saturated rings. The molecule has 2 aliphatic rings. The van der Waals surface area contributed by atoms with Gasteiger partial charge in [-0.3, -0.25) is 9.59 Å². The first-order valence-corrected chi connectivity index (χ1v) is 11.5. The van der Waals surface area contributed by atoms with Gasteiger partial charge in [-0.25, -0.2) is 0 Å². The fraction of sp³-hybridized carbons (Fsp3) is 0.462. The molecular weight excluding hydrogens is 402 g/mol.